The Morgan fingerprint density at radius 3 is 2.32 bits per heavy atom. The van der Waals surface area contributed by atoms with Gasteiger partial charge in [0.2, 0.25) is 17.7 Å². The van der Waals surface area contributed by atoms with E-state index in [0.717, 1.165) is 31.2 Å². The quantitative estimate of drug-likeness (QED) is 0.368. The molecule has 1 saturated carbocycles. The molecule has 1 heterocycles. The Hall–Kier alpha value is -4.07. The van der Waals surface area contributed by atoms with Crippen LogP contribution in [-0.4, -0.2) is 33.6 Å². The van der Waals surface area contributed by atoms with Crippen molar-refractivity contribution in [3.8, 4) is 0 Å². The van der Waals surface area contributed by atoms with Crippen LogP contribution < -0.4 is 10.6 Å². The van der Waals surface area contributed by atoms with Gasteiger partial charge in [0.1, 0.15) is 17.7 Å². The van der Waals surface area contributed by atoms with E-state index in [9.17, 15) is 18.8 Å². The molecule has 0 bridgehead atoms. The van der Waals surface area contributed by atoms with Crippen LogP contribution in [0.25, 0.3) is 0 Å². The van der Waals surface area contributed by atoms with E-state index in [0.29, 0.717) is 17.8 Å². The molecule has 38 heavy (non-hydrogen) atoms. The summed E-state index contributed by atoms with van der Waals surface area (Å²) in [6, 6.07) is 19.5. The molecule has 1 atom stereocenters. The molecule has 2 aromatic carbocycles. The highest BCUT2D eigenvalue weighted by atomic mass is 19.1. The Kier molecular flexibility index (Phi) is 9.56. The zero-order chi connectivity index (χ0) is 26.7. The first-order chi connectivity index (χ1) is 18.5. The van der Waals surface area contributed by atoms with Crippen LogP contribution in [0.15, 0.2) is 79.0 Å². The minimum Gasteiger partial charge on any atom is -0.351 e. The summed E-state index contributed by atoms with van der Waals surface area (Å²) in [5.41, 5.74) is 1.41. The Balaban J connectivity index is 1.52. The van der Waals surface area contributed by atoms with E-state index in [-0.39, 0.29) is 43.1 Å². The van der Waals surface area contributed by atoms with Gasteiger partial charge in [-0.25, -0.2) is 9.37 Å². The van der Waals surface area contributed by atoms with E-state index in [1.54, 1.807) is 41.4 Å². The molecule has 0 saturated heterocycles. The summed E-state index contributed by atoms with van der Waals surface area (Å²) in [6.45, 7) is 0.208. The molecule has 3 aromatic rings. The van der Waals surface area contributed by atoms with Crippen molar-refractivity contribution in [3.63, 3.8) is 0 Å². The highest BCUT2D eigenvalue weighted by molar-refractivity contribution is 5.91. The normalized spacial score (nSPS) is 14.0. The second-order valence-electron chi connectivity index (χ2n) is 9.57. The molecule has 0 radical (unpaired) electrons. The van der Waals surface area contributed by atoms with Gasteiger partial charge >= 0.3 is 0 Å². The molecule has 0 aliphatic heterocycles. The van der Waals surface area contributed by atoms with Gasteiger partial charge in [-0.1, -0.05) is 61.4 Å². The maximum absolute atomic E-state index is 13.8. The van der Waals surface area contributed by atoms with Crippen molar-refractivity contribution >= 4 is 23.5 Å². The third-order valence-electron chi connectivity index (χ3n) is 6.69. The molecule has 1 aliphatic carbocycles. The highest BCUT2D eigenvalue weighted by Gasteiger charge is 2.33. The summed E-state index contributed by atoms with van der Waals surface area (Å²) < 4.78 is 13.8. The van der Waals surface area contributed by atoms with E-state index in [1.165, 1.54) is 12.1 Å². The smallest absolute Gasteiger partial charge is 0.247 e. The van der Waals surface area contributed by atoms with Crippen LogP contribution in [0.3, 0.4) is 0 Å². The second-order valence-corrected chi connectivity index (χ2v) is 9.57. The van der Waals surface area contributed by atoms with E-state index < -0.39 is 11.9 Å². The molecule has 4 rings (SSSR count). The van der Waals surface area contributed by atoms with E-state index in [1.807, 2.05) is 30.3 Å². The number of rotatable bonds is 11. The van der Waals surface area contributed by atoms with Gasteiger partial charge in [0.05, 0.1) is 0 Å². The number of nitrogens with zero attached hydrogens (tertiary/aromatic N) is 2. The number of benzene rings is 2. The molecule has 1 aliphatic rings. The van der Waals surface area contributed by atoms with Crippen molar-refractivity contribution in [2.45, 2.75) is 63.6 Å². The SMILES string of the molecule is O=C(CCCC(=O)N(Cc1ccccc1)C(C(=O)NC1CCCC1)c1ccc(F)cc1)Nc1ccccn1. The minimum atomic E-state index is -0.925. The largest absolute Gasteiger partial charge is 0.351 e. The summed E-state index contributed by atoms with van der Waals surface area (Å²) in [4.78, 5) is 45.3. The monoisotopic (exact) mass is 516 g/mol. The van der Waals surface area contributed by atoms with Crippen LogP contribution in [0.2, 0.25) is 0 Å². The molecular formula is C30H33FN4O3. The molecule has 1 unspecified atom stereocenters. The molecule has 2 N–H and O–H groups in total. The fraction of sp³-hybridized carbons (Fsp3) is 0.333. The number of hydrogen-bond acceptors (Lipinski definition) is 4. The van der Waals surface area contributed by atoms with Crippen molar-refractivity contribution < 1.29 is 18.8 Å². The van der Waals surface area contributed by atoms with Gasteiger partial charge < -0.3 is 15.5 Å². The fourth-order valence-electron chi connectivity index (χ4n) is 4.76. The van der Waals surface area contributed by atoms with Gasteiger partial charge in [0.25, 0.3) is 0 Å². The van der Waals surface area contributed by atoms with Crippen LogP contribution in [0, 0.1) is 5.82 Å². The number of halogens is 1. The van der Waals surface area contributed by atoms with Gasteiger partial charge in [-0.3, -0.25) is 14.4 Å². The number of hydrogen-bond donors (Lipinski definition) is 2. The maximum atomic E-state index is 13.8. The number of amides is 3. The minimum absolute atomic E-state index is 0.0643. The first-order valence-electron chi connectivity index (χ1n) is 13.1. The molecule has 3 amide bonds. The van der Waals surface area contributed by atoms with Crippen LogP contribution in [0.4, 0.5) is 10.2 Å². The zero-order valence-electron chi connectivity index (χ0n) is 21.3. The Morgan fingerprint density at radius 1 is 0.921 bits per heavy atom. The fourth-order valence-corrected chi connectivity index (χ4v) is 4.76. The lowest BCUT2D eigenvalue weighted by Crippen LogP contribution is -2.45. The predicted octanol–water partition coefficient (Wildman–Crippen LogP) is 5.16. The molecule has 7 nitrogen and oxygen atoms in total. The predicted molar refractivity (Wildman–Crippen MR) is 143 cm³/mol. The Morgan fingerprint density at radius 2 is 1.63 bits per heavy atom. The summed E-state index contributed by atoms with van der Waals surface area (Å²) in [6.07, 6.45) is 6.03. The first-order valence-corrected chi connectivity index (χ1v) is 13.1. The first kappa shape index (κ1) is 27.0. The lowest BCUT2D eigenvalue weighted by Gasteiger charge is -2.32. The molecule has 1 fully saturated rings. The number of nitrogens with one attached hydrogen (secondary N) is 2. The number of aromatic nitrogens is 1. The Labute approximate surface area is 222 Å². The maximum Gasteiger partial charge on any atom is 0.247 e. The topological polar surface area (TPSA) is 91.4 Å². The summed E-state index contributed by atoms with van der Waals surface area (Å²) in [5.74, 6) is -0.728. The van der Waals surface area contributed by atoms with Crippen molar-refractivity contribution in [2.75, 3.05) is 5.32 Å². The van der Waals surface area contributed by atoms with Crippen LogP contribution in [0.5, 0.6) is 0 Å². The van der Waals surface area contributed by atoms with Gasteiger partial charge in [-0.15, -0.1) is 0 Å². The lowest BCUT2D eigenvalue weighted by atomic mass is 10.0. The van der Waals surface area contributed by atoms with Gasteiger partial charge in [0, 0.05) is 31.6 Å². The molecule has 0 spiro atoms. The number of carbonyl (C=O) groups is 3. The second kappa shape index (κ2) is 13.5. The average molecular weight is 517 g/mol. The third kappa shape index (κ3) is 7.71. The van der Waals surface area contributed by atoms with Crippen molar-refractivity contribution in [3.05, 3.63) is 95.9 Å². The standard InChI is InChI=1S/C30H33FN4O3/c31-24-18-16-23(17-19-24)29(30(38)33-25-11-4-5-12-25)35(21-22-9-2-1-3-10-22)28(37)15-8-14-27(36)34-26-13-6-7-20-32-26/h1-3,6-7,9-10,13,16-20,25,29H,4-5,8,11-12,14-15,21H2,(H,33,38)(H,32,34,36). The third-order valence-corrected chi connectivity index (χ3v) is 6.69. The summed E-state index contributed by atoms with van der Waals surface area (Å²) in [7, 11) is 0. The van der Waals surface area contributed by atoms with Crippen molar-refractivity contribution in [1.82, 2.24) is 15.2 Å². The lowest BCUT2D eigenvalue weighted by molar-refractivity contribution is -0.142. The van der Waals surface area contributed by atoms with Gasteiger partial charge in [-0.05, 0) is 54.7 Å². The highest BCUT2D eigenvalue weighted by Crippen LogP contribution is 2.27. The Bertz CT molecular complexity index is 1200. The zero-order valence-corrected chi connectivity index (χ0v) is 21.3. The van der Waals surface area contributed by atoms with E-state index >= 15 is 0 Å². The average Bonchev–Trinajstić information content (AvgIpc) is 3.43. The number of carbonyl (C=O) groups excluding carboxylic acids is 3. The van der Waals surface area contributed by atoms with Crippen molar-refractivity contribution in [2.24, 2.45) is 0 Å². The molecule has 1 aromatic heterocycles. The van der Waals surface area contributed by atoms with E-state index in [2.05, 4.69) is 15.6 Å². The molecule has 198 valence electrons. The molecule has 8 heteroatoms. The number of anilines is 1. The summed E-state index contributed by atoms with van der Waals surface area (Å²) in [5, 5.41) is 5.84. The van der Waals surface area contributed by atoms with Crippen LogP contribution >= 0.6 is 0 Å². The van der Waals surface area contributed by atoms with E-state index in [4.69, 9.17) is 0 Å². The summed E-state index contributed by atoms with van der Waals surface area (Å²) >= 11 is 0. The van der Waals surface area contributed by atoms with Crippen LogP contribution in [-0.2, 0) is 20.9 Å². The van der Waals surface area contributed by atoms with Crippen molar-refractivity contribution in [1.29, 1.82) is 0 Å². The van der Waals surface area contributed by atoms with Gasteiger partial charge in [0.15, 0.2) is 0 Å². The molecular weight excluding hydrogens is 483 g/mol. The van der Waals surface area contributed by atoms with Gasteiger partial charge in [-0.2, -0.15) is 0 Å². The number of pyridine rings is 1. The van der Waals surface area contributed by atoms with Crippen LogP contribution in [0.1, 0.15) is 62.1 Å².